The number of likely N-dealkylation sites (tertiary alicyclic amines) is 1. The van der Waals surface area contributed by atoms with E-state index in [1.165, 1.54) is 0 Å². The average molecular weight is 412 g/mol. The molecule has 0 N–H and O–H groups in total. The topological polar surface area (TPSA) is 29.5 Å². The van der Waals surface area contributed by atoms with Crippen molar-refractivity contribution in [3.8, 4) is 0 Å². The zero-order chi connectivity index (χ0) is 18.6. The molecule has 1 heterocycles. The minimum atomic E-state index is -0.252. The number of carbonyl (C=O) groups is 1. The molecule has 1 saturated carbocycles. The first kappa shape index (κ1) is 18.7. The number of piperidine rings is 1. The Labute approximate surface area is 158 Å². The first-order valence-corrected chi connectivity index (χ1v) is 9.82. The molecule has 1 aromatic rings. The molecule has 0 bridgehead atoms. The lowest BCUT2D eigenvalue weighted by Crippen LogP contribution is -2.42. The Morgan fingerprint density at radius 2 is 2.08 bits per heavy atom. The van der Waals surface area contributed by atoms with E-state index in [0.29, 0.717) is 19.7 Å². The van der Waals surface area contributed by atoms with E-state index in [1.807, 2.05) is 17.9 Å². The van der Waals surface area contributed by atoms with Gasteiger partial charge in [0.2, 0.25) is 0 Å². The van der Waals surface area contributed by atoms with Crippen LogP contribution in [0, 0.1) is 22.6 Å². The van der Waals surface area contributed by atoms with Crippen LogP contribution in [-0.4, -0.2) is 30.7 Å². The Hall–Kier alpha value is -1.10. The summed E-state index contributed by atoms with van der Waals surface area (Å²) in [6.45, 7) is 12.2. The molecule has 25 heavy (non-hydrogen) atoms. The van der Waals surface area contributed by atoms with Gasteiger partial charge in [-0.2, -0.15) is 0 Å². The zero-order valence-electron chi connectivity index (χ0n) is 15.7. The second kappa shape index (κ2) is 5.97. The lowest BCUT2D eigenvalue weighted by molar-refractivity contribution is 0.0890. The summed E-state index contributed by atoms with van der Waals surface area (Å²) in [7, 11) is 0. The number of fused-ring (bicyclic) bond motifs is 1. The normalized spacial score (nSPS) is 31.0. The van der Waals surface area contributed by atoms with Crippen LogP contribution in [0.25, 0.3) is 0 Å². The van der Waals surface area contributed by atoms with Crippen molar-refractivity contribution in [1.82, 2.24) is 4.90 Å². The maximum atomic E-state index is 14.8. The molecule has 0 aromatic heterocycles. The Kier molecular flexibility index (Phi) is 4.46. The average Bonchev–Trinajstić information content (AvgIpc) is 2.88. The molecule has 0 radical (unpaired) electrons. The lowest BCUT2D eigenvalue weighted by atomic mass is 9.69. The van der Waals surface area contributed by atoms with Crippen LogP contribution in [0.4, 0.5) is 9.18 Å². The number of hydrogen-bond acceptors (Lipinski definition) is 2. The Morgan fingerprint density at radius 3 is 2.60 bits per heavy atom. The SMILES string of the molecule is CCOC(=O)N1C[C@@H]2[C@](C(C)(C)C)(C1)[C@]2(CC)c1cc(Br)ccc1F. The van der Waals surface area contributed by atoms with Crippen LogP contribution < -0.4 is 0 Å². The summed E-state index contributed by atoms with van der Waals surface area (Å²) in [6.07, 6.45) is 0.608. The number of ether oxygens (including phenoxy) is 1. The number of halogens is 2. The smallest absolute Gasteiger partial charge is 0.409 e. The summed E-state index contributed by atoms with van der Waals surface area (Å²) >= 11 is 3.50. The van der Waals surface area contributed by atoms with Crippen molar-refractivity contribution >= 4 is 22.0 Å². The van der Waals surface area contributed by atoms with Crippen molar-refractivity contribution in [2.24, 2.45) is 16.7 Å². The monoisotopic (exact) mass is 411 g/mol. The molecule has 138 valence electrons. The second-order valence-corrected chi connectivity index (χ2v) is 9.22. The minimum Gasteiger partial charge on any atom is -0.450 e. The zero-order valence-corrected chi connectivity index (χ0v) is 17.2. The molecule has 1 aliphatic carbocycles. The van der Waals surface area contributed by atoms with Crippen molar-refractivity contribution in [1.29, 1.82) is 0 Å². The van der Waals surface area contributed by atoms with Gasteiger partial charge in [0.25, 0.3) is 0 Å². The van der Waals surface area contributed by atoms with Crippen molar-refractivity contribution in [2.75, 3.05) is 19.7 Å². The molecule has 1 saturated heterocycles. The molecule has 0 unspecified atom stereocenters. The van der Waals surface area contributed by atoms with E-state index in [0.717, 1.165) is 16.5 Å². The van der Waals surface area contributed by atoms with Crippen LogP contribution in [-0.2, 0) is 10.2 Å². The minimum absolute atomic E-state index is 0.0519. The maximum Gasteiger partial charge on any atom is 0.409 e. The summed E-state index contributed by atoms with van der Waals surface area (Å²) in [6, 6.07) is 5.22. The van der Waals surface area contributed by atoms with E-state index in [2.05, 4.69) is 43.6 Å². The quantitative estimate of drug-likeness (QED) is 0.668. The van der Waals surface area contributed by atoms with E-state index in [-0.39, 0.29) is 34.1 Å². The van der Waals surface area contributed by atoms with E-state index < -0.39 is 0 Å². The van der Waals surface area contributed by atoms with Crippen molar-refractivity contribution < 1.29 is 13.9 Å². The third-order valence-electron chi connectivity index (χ3n) is 6.58. The fourth-order valence-electron chi connectivity index (χ4n) is 5.64. The highest BCUT2D eigenvalue weighted by Crippen LogP contribution is 2.80. The van der Waals surface area contributed by atoms with Crippen LogP contribution in [0.2, 0.25) is 0 Å². The van der Waals surface area contributed by atoms with Gasteiger partial charge < -0.3 is 9.64 Å². The van der Waals surface area contributed by atoms with Crippen molar-refractivity contribution in [3.63, 3.8) is 0 Å². The Bertz CT molecular complexity index is 701. The molecule has 0 spiro atoms. The molecule has 1 amide bonds. The van der Waals surface area contributed by atoms with Gasteiger partial charge in [-0.25, -0.2) is 9.18 Å². The summed E-state index contributed by atoms with van der Waals surface area (Å²) in [4.78, 5) is 14.1. The van der Waals surface area contributed by atoms with Gasteiger partial charge in [-0.15, -0.1) is 0 Å². The van der Waals surface area contributed by atoms with Crippen LogP contribution in [0.15, 0.2) is 22.7 Å². The van der Waals surface area contributed by atoms with E-state index in [9.17, 15) is 9.18 Å². The molecule has 1 aliphatic heterocycles. The summed E-state index contributed by atoms with van der Waals surface area (Å²) in [5.41, 5.74) is 0.363. The highest BCUT2D eigenvalue weighted by molar-refractivity contribution is 9.10. The molecular formula is C20H27BrFNO2. The van der Waals surface area contributed by atoms with Gasteiger partial charge in [-0.05, 0) is 48.4 Å². The van der Waals surface area contributed by atoms with Crippen LogP contribution in [0.5, 0.6) is 0 Å². The summed E-state index contributed by atoms with van der Waals surface area (Å²) in [5.74, 6) is 0.101. The van der Waals surface area contributed by atoms with Gasteiger partial charge in [0.15, 0.2) is 0 Å². The van der Waals surface area contributed by atoms with Crippen LogP contribution >= 0.6 is 15.9 Å². The molecular weight excluding hydrogens is 385 g/mol. The van der Waals surface area contributed by atoms with Crippen LogP contribution in [0.1, 0.15) is 46.6 Å². The lowest BCUT2D eigenvalue weighted by Gasteiger charge is -2.38. The number of benzene rings is 1. The van der Waals surface area contributed by atoms with Gasteiger partial charge in [-0.1, -0.05) is 43.6 Å². The Balaban J connectivity index is 2.06. The standard InChI is InChI=1S/C20H27BrFNO2/c1-6-19(14-10-13(21)8-9-15(14)22)16-11-23(17(24)25-7-2)12-20(16,19)18(3,4)5/h8-10,16H,6-7,11-12H2,1-5H3/t16-,19+,20-/m0/s1. The van der Waals surface area contributed by atoms with Crippen molar-refractivity contribution in [3.05, 3.63) is 34.1 Å². The van der Waals surface area contributed by atoms with E-state index in [4.69, 9.17) is 4.74 Å². The molecule has 1 aromatic carbocycles. The summed E-state index contributed by atoms with van der Waals surface area (Å²) < 4.78 is 20.9. The number of hydrogen-bond donors (Lipinski definition) is 0. The summed E-state index contributed by atoms with van der Waals surface area (Å²) in [5, 5.41) is 0. The van der Waals surface area contributed by atoms with Gasteiger partial charge in [-0.3, -0.25) is 0 Å². The highest BCUT2D eigenvalue weighted by atomic mass is 79.9. The molecule has 3 rings (SSSR count). The molecule has 2 fully saturated rings. The van der Waals surface area contributed by atoms with Crippen LogP contribution in [0.3, 0.4) is 0 Å². The molecule has 3 atom stereocenters. The fraction of sp³-hybridized carbons (Fsp3) is 0.650. The maximum absolute atomic E-state index is 14.8. The molecule has 5 heteroatoms. The van der Waals surface area contributed by atoms with Crippen molar-refractivity contribution in [2.45, 2.75) is 46.5 Å². The molecule has 3 nitrogen and oxygen atoms in total. The second-order valence-electron chi connectivity index (χ2n) is 8.30. The van der Waals surface area contributed by atoms with Gasteiger partial charge in [0, 0.05) is 28.4 Å². The third-order valence-corrected chi connectivity index (χ3v) is 7.07. The highest BCUT2D eigenvalue weighted by Gasteiger charge is 2.83. The predicted molar refractivity (Wildman–Crippen MR) is 100 cm³/mol. The third kappa shape index (κ3) is 2.37. The first-order valence-electron chi connectivity index (χ1n) is 9.03. The molecule has 2 aliphatic rings. The fourth-order valence-corrected chi connectivity index (χ4v) is 6.00. The largest absolute Gasteiger partial charge is 0.450 e. The number of nitrogens with zero attached hydrogens (tertiary/aromatic N) is 1. The predicted octanol–water partition coefficient (Wildman–Crippen LogP) is 5.37. The van der Waals surface area contributed by atoms with Gasteiger partial charge in [0.1, 0.15) is 5.82 Å². The van der Waals surface area contributed by atoms with Gasteiger partial charge in [0.05, 0.1) is 6.61 Å². The number of carbonyl (C=O) groups excluding carboxylic acids is 1. The van der Waals surface area contributed by atoms with Gasteiger partial charge >= 0.3 is 6.09 Å². The van der Waals surface area contributed by atoms with E-state index >= 15 is 0 Å². The first-order chi connectivity index (χ1) is 11.7. The number of amides is 1. The number of rotatable bonds is 3. The van der Waals surface area contributed by atoms with E-state index in [1.54, 1.807) is 12.1 Å². The Morgan fingerprint density at radius 1 is 1.40 bits per heavy atom.